The molecule has 0 bridgehead atoms. The molecule has 0 unspecified atom stereocenters. The summed E-state index contributed by atoms with van der Waals surface area (Å²) in [5, 5.41) is 2.57. The number of thioether (sulfide) groups is 2. The van der Waals surface area contributed by atoms with Gasteiger partial charge in [0.1, 0.15) is 12.6 Å². The number of esters is 1. The fourth-order valence-electron chi connectivity index (χ4n) is 1.74. The molecule has 1 aromatic rings. The van der Waals surface area contributed by atoms with Gasteiger partial charge in [-0.3, -0.25) is 0 Å². The number of methoxy groups -OCH3 is 1. The normalized spacial score (nSPS) is 11.8. The van der Waals surface area contributed by atoms with E-state index in [-0.39, 0.29) is 11.2 Å². The number of ether oxygens (including phenoxy) is 2. The molecule has 22 heavy (non-hydrogen) atoms. The van der Waals surface area contributed by atoms with Crippen LogP contribution in [0.2, 0.25) is 0 Å². The van der Waals surface area contributed by atoms with E-state index in [1.165, 1.54) is 7.11 Å². The maximum absolute atomic E-state index is 11.9. The minimum Gasteiger partial charge on any atom is -0.467 e. The van der Waals surface area contributed by atoms with Crippen LogP contribution in [0.1, 0.15) is 12.0 Å². The molecule has 0 aliphatic rings. The lowest BCUT2D eigenvalue weighted by atomic mass is 10.2. The first-order chi connectivity index (χ1) is 10.6. The second-order valence-corrected chi connectivity index (χ2v) is 6.80. The number of rotatable bonds is 8. The van der Waals surface area contributed by atoms with Crippen LogP contribution < -0.4 is 5.32 Å². The average Bonchev–Trinajstić information content (AvgIpc) is 2.56. The van der Waals surface area contributed by atoms with Crippen LogP contribution in [0.25, 0.3) is 0 Å². The molecule has 0 saturated carbocycles. The van der Waals surface area contributed by atoms with E-state index in [2.05, 4.69) is 5.32 Å². The van der Waals surface area contributed by atoms with Crippen LogP contribution in [0.4, 0.5) is 4.79 Å². The highest BCUT2D eigenvalue weighted by Gasteiger charge is 2.25. The van der Waals surface area contributed by atoms with E-state index < -0.39 is 18.1 Å². The van der Waals surface area contributed by atoms with Gasteiger partial charge >= 0.3 is 12.1 Å². The van der Waals surface area contributed by atoms with Crippen LogP contribution in [-0.4, -0.2) is 42.3 Å². The molecule has 1 aromatic carbocycles. The molecule has 0 aliphatic carbocycles. The quantitative estimate of drug-likeness (QED) is 0.578. The van der Waals surface area contributed by atoms with Gasteiger partial charge < -0.3 is 14.8 Å². The van der Waals surface area contributed by atoms with Gasteiger partial charge in [0.2, 0.25) is 0 Å². The SMILES string of the molecule is COC(=O)[C@H](CC(SC)SC)NC(=O)OCc1ccccc1. The van der Waals surface area contributed by atoms with Gasteiger partial charge in [-0.15, -0.1) is 0 Å². The minimum absolute atomic E-state index is 0.162. The Balaban J connectivity index is 2.53. The number of hydrogen-bond acceptors (Lipinski definition) is 6. The Morgan fingerprint density at radius 2 is 1.82 bits per heavy atom. The van der Waals surface area contributed by atoms with E-state index in [9.17, 15) is 9.59 Å². The molecule has 7 heteroatoms. The summed E-state index contributed by atoms with van der Waals surface area (Å²) in [6, 6.07) is 8.65. The van der Waals surface area contributed by atoms with Crippen LogP contribution in [-0.2, 0) is 20.9 Å². The van der Waals surface area contributed by atoms with Crippen molar-refractivity contribution in [3.8, 4) is 0 Å². The summed E-state index contributed by atoms with van der Waals surface area (Å²) in [4.78, 5) is 23.6. The fourth-order valence-corrected chi connectivity index (χ4v) is 3.28. The highest BCUT2D eigenvalue weighted by atomic mass is 32.2. The van der Waals surface area contributed by atoms with Crippen LogP contribution in [0.3, 0.4) is 0 Å². The molecule has 0 heterocycles. The molecule has 0 aromatic heterocycles. The van der Waals surface area contributed by atoms with E-state index >= 15 is 0 Å². The van der Waals surface area contributed by atoms with Crippen LogP contribution in [0, 0.1) is 0 Å². The third-order valence-electron chi connectivity index (χ3n) is 2.94. The predicted octanol–water partition coefficient (Wildman–Crippen LogP) is 2.90. The lowest BCUT2D eigenvalue weighted by molar-refractivity contribution is -0.143. The van der Waals surface area contributed by atoms with E-state index in [0.29, 0.717) is 6.42 Å². The zero-order valence-corrected chi connectivity index (χ0v) is 14.5. The highest BCUT2D eigenvalue weighted by molar-refractivity contribution is 8.16. The van der Waals surface area contributed by atoms with Gasteiger partial charge in [0, 0.05) is 0 Å². The van der Waals surface area contributed by atoms with Crippen molar-refractivity contribution in [2.75, 3.05) is 19.6 Å². The van der Waals surface area contributed by atoms with Gasteiger partial charge in [0.15, 0.2) is 0 Å². The van der Waals surface area contributed by atoms with Gasteiger partial charge in [-0.1, -0.05) is 30.3 Å². The fraction of sp³-hybridized carbons (Fsp3) is 0.467. The summed E-state index contributed by atoms with van der Waals surface area (Å²) >= 11 is 3.25. The molecule has 0 fully saturated rings. The summed E-state index contributed by atoms with van der Waals surface area (Å²) < 4.78 is 10.1. The van der Waals surface area contributed by atoms with Gasteiger partial charge in [0.05, 0.1) is 11.7 Å². The second-order valence-electron chi connectivity index (χ2n) is 4.42. The topological polar surface area (TPSA) is 64.6 Å². The standard InChI is InChI=1S/C15H21NO4S2/c1-19-14(17)12(9-13(21-2)22-3)16-15(18)20-10-11-7-5-4-6-8-11/h4-8,12-13H,9-10H2,1-3H3,(H,16,18)/t12-/m0/s1. The van der Waals surface area contributed by atoms with Crippen LogP contribution in [0.15, 0.2) is 30.3 Å². The maximum atomic E-state index is 11.9. The van der Waals surface area contributed by atoms with E-state index in [1.54, 1.807) is 23.5 Å². The molecule has 1 N–H and O–H groups in total. The van der Waals surface area contributed by atoms with Crippen LogP contribution in [0.5, 0.6) is 0 Å². The molecule has 0 radical (unpaired) electrons. The van der Waals surface area contributed by atoms with Gasteiger partial charge in [-0.2, -0.15) is 23.5 Å². The van der Waals surface area contributed by atoms with Crippen molar-refractivity contribution in [3.05, 3.63) is 35.9 Å². The van der Waals surface area contributed by atoms with E-state index in [4.69, 9.17) is 9.47 Å². The number of carbonyl (C=O) groups is 2. The van der Waals surface area contributed by atoms with Crippen molar-refractivity contribution in [1.29, 1.82) is 0 Å². The van der Waals surface area contributed by atoms with Crippen molar-refractivity contribution in [2.45, 2.75) is 23.7 Å². The molecule has 5 nitrogen and oxygen atoms in total. The Morgan fingerprint density at radius 3 is 2.36 bits per heavy atom. The summed E-state index contributed by atoms with van der Waals surface area (Å²) in [5.74, 6) is -0.468. The average molecular weight is 343 g/mol. The van der Waals surface area contributed by atoms with Crippen molar-refractivity contribution in [2.24, 2.45) is 0 Å². The molecular weight excluding hydrogens is 322 g/mol. The van der Waals surface area contributed by atoms with Crippen molar-refractivity contribution >= 4 is 35.6 Å². The summed E-state index contributed by atoms with van der Waals surface area (Å²) in [5.41, 5.74) is 0.887. The van der Waals surface area contributed by atoms with Crippen molar-refractivity contribution in [3.63, 3.8) is 0 Å². The van der Waals surface area contributed by atoms with Gasteiger partial charge in [-0.05, 0) is 24.5 Å². The first-order valence-corrected chi connectivity index (χ1v) is 9.29. The summed E-state index contributed by atoms with van der Waals surface area (Å²) in [6.07, 6.45) is 3.78. The van der Waals surface area contributed by atoms with Gasteiger partial charge in [0.25, 0.3) is 0 Å². The Morgan fingerprint density at radius 1 is 1.18 bits per heavy atom. The lowest BCUT2D eigenvalue weighted by Gasteiger charge is -2.20. The molecule has 122 valence electrons. The van der Waals surface area contributed by atoms with Crippen molar-refractivity contribution in [1.82, 2.24) is 5.32 Å². The molecule has 1 atom stereocenters. The molecule has 0 aliphatic heterocycles. The van der Waals surface area contributed by atoms with Crippen molar-refractivity contribution < 1.29 is 19.1 Å². The molecule has 1 amide bonds. The summed E-state index contributed by atoms with van der Waals surface area (Å²) in [7, 11) is 1.31. The monoisotopic (exact) mass is 343 g/mol. The zero-order chi connectivity index (χ0) is 16.4. The number of carbonyl (C=O) groups excluding carboxylic acids is 2. The number of alkyl carbamates (subject to hydrolysis) is 1. The number of nitrogens with one attached hydrogen (secondary N) is 1. The number of amides is 1. The smallest absolute Gasteiger partial charge is 0.408 e. The Kier molecular flexibility index (Phi) is 8.84. The lowest BCUT2D eigenvalue weighted by Crippen LogP contribution is -2.43. The molecular formula is C15H21NO4S2. The minimum atomic E-state index is -0.710. The number of benzene rings is 1. The largest absolute Gasteiger partial charge is 0.467 e. The Labute approximate surface area is 139 Å². The van der Waals surface area contributed by atoms with E-state index in [1.807, 2.05) is 42.8 Å². The Bertz CT molecular complexity index is 466. The first kappa shape index (κ1) is 18.7. The third kappa shape index (κ3) is 6.62. The van der Waals surface area contributed by atoms with E-state index in [0.717, 1.165) is 5.56 Å². The van der Waals surface area contributed by atoms with Crippen LogP contribution >= 0.6 is 23.5 Å². The second kappa shape index (κ2) is 10.4. The summed E-state index contributed by atoms with van der Waals surface area (Å²) in [6.45, 7) is 0.162. The predicted molar refractivity (Wildman–Crippen MR) is 91.0 cm³/mol. The molecule has 0 spiro atoms. The van der Waals surface area contributed by atoms with Gasteiger partial charge in [-0.25, -0.2) is 9.59 Å². The first-order valence-electron chi connectivity index (χ1n) is 6.71. The molecule has 0 saturated heterocycles. The Hall–Kier alpha value is -1.34. The zero-order valence-electron chi connectivity index (χ0n) is 12.9. The molecule has 1 rings (SSSR count). The third-order valence-corrected chi connectivity index (χ3v) is 5.54. The number of hydrogen-bond donors (Lipinski definition) is 1. The highest BCUT2D eigenvalue weighted by Crippen LogP contribution is 2.23. The maximum Gasteiger partial charge on any atom is 0.408 e.